The SMILES string of the molecule is Cn1ccnc1Sc1ccc(C#N)cn1. The smallest absolute Gasteiger partial charge is 0.174 e. The lowest BCUT2D eigenvalue weighted by molar-refractivity contribution is 0.788. The first-order valence-corrected chi connectivity index (χ1v) is 5.12. The van der Waals surface area contributed by atoms with Crippen molar-refractivity contribution in [2.75, 3.05) is 0 Å². The first-order valence-electron chi connectivity index (χ1n) is 4.31. The molecular formula is C10H8N4S. The number of hydrogen-bond donors (Lipinski definition) is 0. The number of pyridine rings is 1. The van der Waals surface area contributed by atoms with Gasteiger partial charge in [-0.15, -0.1) is 0 Å². The van der Waals surface area contributed by atoms with E-state index in [-0.39, 0.29) is 0 Å². The van der Waals surface area contributed by atoms with Crippen molar-refractivity contribution in [1.29, 1.82) is 5.26 Å². The van der Waals surface area contributed by atoms with Gasteiger partial charge in [0.1, 0.15) is 11.1 Å². The quantitative estimate of drug-likeness (QED) is 0.768. The fourth-order valence-corrected chi connectivity index (χ4v) is 1.80. The molecule has 74 valence electrons. The first-order chi connectivity index (χ1) is 7.29. The zero-order valence-electron chi connectivity index (χ0n) is 8.08. The largest absolute Gasteiger partial charge is 0.329 e. The van der Waals surface area contributed by atoms with Gasteiger partial charge in [-0.05, 0) is 23.9 Å². The highest BCUT2D eigenvalue weighted by Gasteiger charge is 2.03. The number of aryl methyl sites for hydroxylation is 1. The molecule has 0 N–H and O–H groups in total. The average Bonchev–Trinajstić information content (AvgIpc) is 2.66. The second-order valence-corrected chi connectivity index (χ2v) is 3.91. The molecule has 0 saturated carbocycles. The minimum absolute atomic E-state index is 0.569. The Hall–Kier alpha value is -1.80. The fourth-order valence-electron chi connectivity index (χ4n) is 1.05. The average molecular weight is 216 g/mol. The lowest BCUT2D eigenvalue weighted by atomic mass is 10.3. The standard InChI is InChI=1S/C10H8N4S/c1-14-5-4-12-10(14)15-9-3-2-8(6-11)7-13-9/h2-5,7H,1H3. The molecule has 5 heteroatoms. The Bertz CT molecular complexity index is 495. The highest BCUT2D eigenvalue weighted by Crippen LogP contribution is 2.23. The third kappa shape index (κ3) is 2.17. The summed E-state index contributed by atoms with van der Waals surface area (Å²) in [6.07, 6.45) is 5.18. The highest BCUT2D eigenvalue weighted by atomic mass is 32.2. The van der Waals surface area contributed by atoms with Crippen molar-refractivity contribution >= 4 is 11.8 Å². The van der Waals surface area contributed by atoms with Crippen LogP contribution in [0.3, 0.4) is 0 Å². The van der Waals surface area contributed by atoms with Crippen molar-refractivity contribution in [2.24, 2.45) is 7.05 Å². The maximum Gasteiger partial charge on any atom is 0.174 e. The monoisotopic (exact) mass is 216 g/mol. The first kappa shape index (κ1) is 9.74. The van der Waals surface area contributed by atoms with E-state index in [1.54, 1.807) is 18.5 Å². The molecule has 2 aromatic heterocycles. The van der Waals surface area contributed by atoms with Gasteiger partial charge in [-0.2, -0.15) is 5.26 Å². The van der Waals surface area contributed by atoms with E-state index in [9.17, 15) is 0 Å². The Morgan fingerprint density at radius 2 is 2.27 bits per heavy atom. The summed E-state index contributed by atoms with van der Waals surface area (Å²) in [6, 6.07) is 5.60. The molecule has 0 saturated heterocycles. The predicted octanol–water partition coefficient (Wildman–Crippen LogP) is 1.84. The molecule has 2 rings (SSSR count). The molecular weight excluding hydrogens is 208 g/mol. The molecule has 0 radical (unpaired) electrons. The Morgan fingerprint density at radius 3 is 2.80 bits per heavy atom. The number of imidazole rings is 1. The van der Waals surface area contributed by atoms with Crippen molar-refractivity contribution in [3.05, 3.63) is 36.3 Å². The molecule has 2 heterocycles. The van der Waals surface area contributed by atoms with Crippen LogP contribution in [0.5, 0.6) is 0 Å². The van der Waals surface area contributed by atoms with E-state index in [0.29, 0.717) is 5.56 Å². The molecule has 0 amide bonds. The van der Waals surface area contributed by atoms with Gasteiger partial charge in [-0.25, -0.2) is 9.97 Å². The molecule has 0 spiro atoms. The molecule has 0 atom stereocenters. The Labute approximate surface area is 91.6 Å². The van der Waals surface area contributed by atoms with Gasteiger partial charge < -0.3 is 4.57 Å². The summed E-state index contributed by atoms with van der Waals surface area (Å²) in [5.41, 5.74) is 0.569. The van der Waals surface area contributed by atoms with Crippen molar-refractivity contribution in [1.82, 2.24) is 14.5 Å². The molecule has 0 aliphatic heterocycles. The van der Waals surface area contributed by atoms with Crippen LogP contribution in [0.15, 0.2) is 40.9 Å². The van der Waals surface area contributed by atoms with E-state index in [1.165, 1.54) is 11.8 Å². The number of hydrogen-bond acceptors (Lipinski definition) is 4. The normalized spacial score (nSPS) is 9.87. The van der Waals surface area contributed by atoms with E-state index in [2.05, 4.69) is 9.97 Å². The van der Waals surface area contributed by atoms with Gasteiger partial charge in [0.25, 0.3) is 0 Å². The second-order valence-electron chi connectivity index (χ2n) is 2.92. The van der Waals surface area contributed by atoms with Crippen LogP contribution < -0.4 is 0 Å². The third-order valence-corrected chi connectivity index (χ3v) is 2.86. The van der Waals surface area contributed by atoms with Crippen LogP contribution in [0.4, 0.5) is 0 Å². The van der Waals surface area contributed by atoms with Crippen LogP contribution in [0.1, 0.15) is 5.56 Å². The highest BCUT2D eigenvalue weighted by molar-refractivity contribution is 7.99. The zero-order chi connectivity index (χ0) is 10.7. The number of rotatable bonds is 2. The van der Waals surface area contributed by atoms with E-state index in [4.69, 9.17) is 5.26 Å². The van der Waals surface area contributed by atoms with Gasteiger partial charge in [0.05, 0.1) is 5.56 Å². The van der Waals surface area contributed by atoms with Gasteiger partial charge >= 0.3 is 0 Å². The van der Waals surface area contributed by atoms with Gasteiger partial charge in [0.15, 0.2) is 5.16 Å². The Kier molecular flexibility index (Phi) is 2.70. The Morgan fingerprint density at radius 1 is 1.40 bits per heavy atom. The lowest BCUT2D eigenvalue weighted by Crippen LogP contribution is -1.89. The molecule has 0 unspecified atom stereocenters. The summed E-state index contributed by atoms with van der Waals surface area (Å²) in [5.74, 6) is 0. The van der Waals surface area contributed by atoms with Crippen LogP contribution in [0, 0.1) is 11.3 Å². The van der Waals surface area contributed by atoms with E-state index < -0.39 is 0 Å². The van der Waals surface area contributed by atoms with Gasteiger partial charge in [-0.3, -0.25) is 0 Å². The van der Waals surface area contributed by atoms with Gasteiger partial charge in [-0.1, -0.05) is 0 Å². The molecule has 0 aliphatic carbocycles. The summed E-state index contributed by atoms with van der Waals surface area (Å²) in [5, 5.41) is 10.3. The molecule has 0 aliphatic rings. The van der Waals surface area contributed by atoms with Gasteiger partial charge in [0.2, 0.25) is 0 Å². The van der Waals surface area contributed by atoms with Crippen molar-refractivity contribution in [2.45, 2.75) is 10.2 Å². The lowest BCUT2D eigenvalue weighted by Gasteiger charge is -1.99. The van der Waals surface area contributed by atoms with E-state index >= 15 is 0 Å². The summed E-state index contributed by atoms with van der Waals surface area (Å²) in [4.78, 5) is 8.33. The summed E-state index contributed by atoms with van der Waals surface area (Å²) in [6.45, 7) is 0. The van der Waals surface area contributed by atoms with Crippen LogP contribution in [-0.4, -0.2) is 14.5 Å². The maximum atomic E-state index is 8.62. The Balaban J connectivity index is 2.19. The maximum absolute atomic E-state index is 8.62. The molecule has 2 aromatic rings. The molecule has 0 fully saturated rings. The predicted molar refractivity (Wildman–Crippen MR) is 56.3 cm³/mol. The second kappa shape index (κ2) is 4.15. The number of nitrogens with zero attached hydrogens (tertiary/aromatic N) is 4. The van der Waals surface area contributed by atoms with E-state index in [0.717, 1.165) is 10.2 Å². The van der Waals surface area contributed by atoms with Crippen LogP contribution in [-0.2, 0) is 7.05 Å². The zero-order valence-corrected chi connectivity index (χ0v) is 8.90. The van der Waals surface area contributed by atoms with E-state index in [1.807, 2.05) is 29.9 Å². The number of aromatic nitrogens is 3. The molecule has 0 bridgehead atoms. The fraction of sp³-hybridized carbons (Fsp3) is 0.100. The van der Waals surface area contributed by atoms with Crippen LogP contribution in [0.2, 0.25) is 0 Å². The van der Waals surface area contributed by atoms with Crippen LogP contribution >= 0.6 is 11.8 Å². The minimum atomic E-state index is 0.569. The van der Waals surface area contributed by atoms with Gasteiger partial charge in [0, 0.05) is 25.6 Å². The van der Waals surface area contributed by atoms with Crippen molar-refractivity contribution in [3.8, 4) is 6.07 Å². The minimum Gasteiger partial charge on any atom is -0.329 e. The molecule has 4 nitrogen and oxygen atoms in total. The summed E-state index contributed by atoms with van der Waals surface area (Å²) in [7, 11) is 1.93. The summed E-state index contributed by atoms with van der Waals surface area (Å²) < 4.78 is 1.92. The summed E-state index contributed by atoms with van der Waals surface area (Å²) >= 11 is 1.47. The topological polar surface area (TPSA) is 54.5 Å². The molecule has 0 aromatic carbocycles. The van der Waals surface area contributed by atoms with Crippen molar-refractivity contribution < 1.29 is 0 Å². The van der Waals surface area contributed by atoms with Crippen molar-refractivity contribution in [3.63, 3.8) is 0 Å². The third-order valence-electron chi connectivity index (χ3n) is 1.84. The van der Waals surface area contributed by atoms with Crippen LogP contribution in [0.25, 0.3) is 0 Å². The number of nitriles is 1. The molecule has 15 heavy (non-hydrogen) atoms.